The van der Waals surface area contributed by atoms with Crippen molar-refractivity contribution in [3.8, 4) is 11.1 Å². The molecular formula is C13H13FN2. The highest BCUT2D eigenvalue weighted by Crippen LogP contribution is 2.23. The van der Waals surface area contributed by atoms with E-state index in [1.807, 2.05) is 19.1 Å². The molecule has 1 aromatic carbocycles. The van der Waals surface area contributed by atoms with Crippen LogP contribution in [0.2, 0.25) is 0 Å². The minimum Gasteiger partial charge on any atom is -0.326 e. The van der Waals surface area contributed by atoms with E-state index in [1.54, 1.807) is 18.5 Å². The Balaban J connectivity index is 2.53. The molecule has 0 atom stereocenters. The van der Waals surface area contributed by atoms with E-state index in [4.69, 9.17) is 5.73 Å². The first-order valence-corrected chi connectivity index (χ1v) is 5.11. The van der Waals surface area contributed by atoms with Crippen LogP contribution in [0.1, 0.15) is 11.1 Å². The molecule has 0 unspecified atom stereocenters. The molecule has 0 spiro atoms. The van der Waals surface area contributed by atoms with Crippen molar-refractivity contribution in [1.29, 1.82) is 0 Å². The van der Waals surface area contributed by atoms with Crippen LogP contribution in [-0.4, -0.2) is 4.98 Å². The minimum absolute atomic E-state index is 0.235. The minimum atomic E-state index is -0.235. The van der Waals surface area contributed by atoms with Crippen LogP contribution in [0.15, 0.2) is 36.7 Å². The fourth-order valence-electron chi connectivity index (χ4n) is 1.61. The Hall–Kier alpha value is -1.74. The molecule has 0 aliphatic heterocycles. The molecule has 1 aromatic heterocycles. The number of aromatic nitrogens is 1. The van der Waals surface area contributed by atoms with Crippen molar-refractivity contribution in [2.24, 2.45) is 5.73 Å². The van der Waals surface area contributed by atoms with Crippen LogP contribution in [0.4, 0.5) is 4.39 Å². The summed E-state index contributed by atoms with van der Waals surface area (Å²) in [6, 6.07) is 6.90. The maximum Gasteiger partial charge on any atom is 0.131 e. The molecular weight excluding hydrogens is 203 g/mol. The van der Waals surface area contributed by atoms with Gasteiger partial charge < -0.3 is 5.73 Å². The Bertz CT molecular complexity index is 509. The number of hydrogen-bond acceptors (Lipinski definition) is 2. The summed E-state index contributed by atoms with van der Waals surface area (Å²) in [4.78, 5) is 4.06. The highest BCUT2D eigenvalue weighted by atomic mass is 19.1. The van der Waals surface area contributed by atoms with Crippen LogP contribution in [0.3, 0.4) is 0 Å². The van der Waals surface area contributed by atoms with E-state index >= 15 is 0 Å². The van der Waals surface area contributed by atoms with Crippen LogP contribution in [0.5, 0.6) is 0 Å². The Labute approximate surface area is 93.9 Å². The highest BCUT2D eigenvalue weighted by Gasteiger charge is 2.06. The quantitative estimate of drug-likeness (QED) is 0.838. The van der Waals surface area contributed by atoms with Gasteiger partial charge in [0.25, 0.3) is 0 Å². The zero-order valence-corrected chi connectivity index (χ0v) is 9.07. The Kier molecular flexibility index (Phi) is 2.97. The third-order valence-electron chi connectivity index (χ3n) is 2.46. The van der Waals surface area contributed by atoms with E-state index in [2.05, 4.69) is 4.98 Å². The van der Waals surface area contributed by atoms with Crippen LogP contribution >= 0.6 is 0 Å². The third-order valence-corrected chi connectivity index (χ3v) is 2.46. The summed E-state index contributed by atoms with van der Waals surface area (Å²) >= 11 is 0. The van der Waals surface area contributed by atoms with Gasteiger partial charge in [-0.05, 0) is 30.7 Å². The van der Waals surface area contributed by atoms with Crippen LogP contribution in [0, 0.1) is 12.7 Å². The molecule has 2 N–H and O–H groups in total. The van der Waals surface area contributed by atoms with E-state index in [0.717, 1.165) is 16.7 Å². The predicted octanol–water partition coefficient (Wildman–Crippen LogP) is 2.65. The summed E-state index contributed by atoms with van der Waals surface area (Å²) in [6.07, 6.45) is 3.34. The molecule has 2 aromatic rings. The smallest absolute Gasteiger partial charge is 0.131 e. The van der Waals surface area contributed by atoms with Gasteiger partial charge >= 0.3 is 0 Å². The number of aryl methyl sites for hydroxylation is 1. The summed E-state index contributed by atoms with van der Waals surface area (Å²) in [5.74, 6) is -0.235. The standard InChI is InChI=1S/C13H13FN2/c1-9-2-3-13(14)12(4-9)11-5-10(6-15)7-16-8-11/h2-5,7-8H,6,15H2,1H3. The molecule has 0 amide bonds. The Morgan fingerprint density at radius 2 is 2.06 bits per heavy atom. The number of pyridine rings is 1. The predicted molar refractivity (Wildman–Crippen MR) is 62.3 cm³/mol. The van der Waals surface area contributed by atoms with Crippen molar-refractivity contribution in [1.82, 2.24) is 4.98 Å². The topological polar surface area (TPSA) is 38.9 Å². The summed E-state index contributed by atoms with van der Waals surface area (Å²) in [5, 5.41) is 0. The van der Waals surface area contributed by atoms with Gasteiger partial charge in [0, 0.05) is 30.1 Å². The molecule has 16 heavy (non-hydrogen) atoms. The fourth-order valence-corrected chi connectivity index (χ4v) is 1.61. The number of benzene rings is 1. The lowest BCUT2D eigenvalue weighted by Crippen LogP contribution is -1.97. The number of hydrogen-bond donors (Lipinski definition) is 1. The second-order valence-corrected chi connectivity index (χ2v) is 3.77. The maximum atomic E-state index is 13.6. The lowest BCUT2D eigenvalue weighted by molar-refractivity contribution is 0.631. The maximum absolute atomic E-state index is 13.6. The number of halogens is 1. The molecule has 0 aliphatic carbocycles. The van der Waals surface area contributed by atoms with Crippen LogP contribution in [-0.2, 0) is 6.54 Å². The average Bonchev–Trinajstić information content (AvgIpc) is 2.32. The second kappa shape index (κ2) is 4.41. The summed E-state index contributed by atoms with van der Waals surface area (Å²) < 4.78 is 13.6. The van der Waals surface area contributed by atoms with Gasteiger partial charge in [-0.25, -0.2) is 4.39 Å². The summed E-state index contributed by atoms with van der Waals surface area (Å²) in [6.45, 7) is 2.34. The normalized spacial score (nSPS) is 10.4. The van der Waals surface area contributed by atoms with E-state index in [1.165, 1.54) is 6.07 Å². The van der Waals surface area contributed by atoms with Gasteiger partial charge in [-0.15, -0.1) is 0 Å². The Morgan fingerprint density at radius 1 is 1.25 bits per heavy atom. The van der Waals surface area contributed by atoms with Crippen molar-refractivity contribution >= 4 is 0 Å². The summed E-state index contributed by atoms with van der Waals surface area (Å²) in [5.41, 5.74) is 8.79. The van der Waals surface area contributed by atoms with Gasteiger partial charge in [0.15, 0.2) is 0 Å². The number of nitrogens with two attached hydrogens (primary N) is 1. The van der Waals surface area contributed by atoms with Gasteiger partial charge in [0.2, 0.25) is 0 Å². The molecule has 2 rings (SSSR count). The lowest BCUT2D eigenvalue weighted by atomic mass is 10.0. The molecule has 0 radical (unpaired) electrons. The third kappa shape index (κ3) is 2.09. The first-order chi connectivity index (χ1) is 7.70. The van der Waals surface area contributed by atoms with E-state index in [-0.39, 0.29) is 5.82 Å². The molecule has 0 saturated heterocycles. The molecule has 0 aliphatic rings. The Morgan fingerprint density at radius 3 is 2.81 bits per heavy atom. The SMILES string of the molecule is Cc1ccc(F)c(-c2cncc(CN)c2)c1. The fraction of sp³-hybridized carbons (Fsp3) is 0.154. The first-order valence-electron chi connectivity index (χ1n) is 5.11. The molecule has 0 bridgehead atoms. The number of rotatable bonds is 2. The van der Waals surface area contributed by atoms with Crippen molar-refractivity contribution < 1.29 is 4.39 Å². The van der Waals surface area contributed by atoms with Crippen molar-refractivity contribution in [3.63, 3.8) is 0 Å². The van der Waals surface area contributed by atoms with Crippen molar-refractivity contribution in [2.45, 2.75) is 13.5 Å². The summed E-state index contributed by atoms with van der Waals surface area (Å²) in [7, 11) is 0. The van der Waals surface area contributed by atoms with Crippen LogP contribution in [0.25, 0.3) is 11.1 Å². The van der Waals surface area contributed by atoms with Crippen LogP contribution < -0.4 is 5.73 Å². The average molecular weight is 216 g/mol. The second-order valence-electron chi connectivity index (χ2n) is 3.77. The van der Waals surface area contributed by atoms with Gasteiger partial charge in [0.1, 0.15) is 5.82 Å². The molecule has 0 saturated carbocycles. The molecule has 2 nitrogen and oxygen atoms in total. The van der Waals surface area contributed by atoms with Gasteiger partial charge in [-0.3, -0.25) is 4.98 Å². The zero-order chi connectivity index (χ0) is 11.5. The molecule has 0 fully saturated rings. The van der Waals surface area contributed by atoms with Gasteiger partial charge in [0.05, 0.1) is 0 Å². The highest BCUT2D eigenvalue weighted by molar-refractivity contribution is 5.64. The zero-order valence-electron chi connectivity index (χ0n) is 9.07. The molecule has 82 valence electrons. The van der Waals surface area contributed by atoms with E-state index in [0.29, 0.717) is 12.1 Å². The lowest BCUT2D eigenvalue weighted by Gasteiger charge is -2.05. The number of nitrogens with zero attached hydrogens (tertiary/aromatic N) is 1. The molecule has 3 heteroatoms. The van der Waals surface area contributed by atoms with E-state index in [9.17, 15) is 4.39 Å². The van der Waals surface area contributed by atoms with Crippen molar-refractivity contribution in [2.75, 3.05) is 0 Å². The van der Waals surface area contributed by atoms with Gasteiger partial charge in [-0.2, -0.15) is 0 Å². The molecule has 1 heterocycles. The largest absolute Gasteiger partial charge is 0.326 e. The first kappa shape index (κ1) is 10.8. The monoisotopic (exact) mass is 216 g/mol. The van der Waals surface area contributed by atoms with E-state index < -0.39 is 0 Å². The van der Waals surface area contributed by atoms with Crippen molar-refractivity contribution in [3.05, 3.63) is 53.6 Å². The van der Waals surface area contributed by atoms with Gasteiger partial charge in [-0.1, -0.05) is 11.6 Å².